The van der Waals surface area contributed by atoms with Gasteiger partial charge in [-0.1, -0.05) is 78.5 Å². The Labute approximate surface area is 331 Å². The molecule has 0 fully saturated rings. The standard InChI is InChI=1S/C51H34N6/c1-8-34(26-36(10-1)41-13-4-22-52-32-41)38-18-20-48-46(28-38)40-12-6-24-54-50(30-40)56(48)43-15-3-16-44(31-43)57-49-21-19-39(29-47(49)45-17-7-25-55-51(45)57)35-9-2-11-37(27-35)42-14-5-23-53-33-42/h1-29,31-33,45,51H. The second-order valence-electron chi connectivity index (χ2n) is 14.5. The predicted octanol–water partition coefficient (Wildman–Crippen LogP) is 12.0. The number of benzene rings is 5. The first-order chi connectivity index (χ1) is 28.2. The van der Waals surface area contributed by atoms with Gasteiger partial charge >= 0.3 is 0 Å². The van der Waals surface area contributed by atoms with Crippen LogP contribution in [0.1, 0.15) is 17.0 Å². The number of hydrogen-bond donors (Lipinski definition) is 0. The lowest BCUT2D eigenvalue weighted by Crippen LogP contribution is -2.29. The molecule has 4 aliphatic rings. The SMILES string of the molecule is C1=C2C=CC=NC=1N(c1cccc(N3c4ccc(-c5cccc(-c6cccnc6)c5)cc4C4C=CC=NC43)c1)c1ccc(-c3cccc(-c4cccnc4)c3)cc12. The molecule has 11 rings (SSSR count). The topological polar surface area (TPSA) is 57.0 Å². The fourth-order valence-corrected chi connectivity index (χ4v) is 8.47. The number of allylic oxidation sites excluding steroid dienone is 4. The third-order valence-corrected chi connectivity index (χ3v) is 11.2. The van der Waals surface area contributed by atoms with Gasteiger partial charge in [0, 0.05) is 76.8 Å². The van der Waals surface area contributed by atoms with E-state index in [9.17, 15) is 0 Å². The van der Waals surface area contributed by atoms with Crippen molar-refractivity contribution < 1.29 is 0 Å². The van der Waals surface area contributed by atoms with E-state index >= 15 is 0 Å². The first-order valence-electron chi connectivity index (χ1n) is 19.2. The van der Waals surface area contributed by atoms with E-state index in [1.165, 1.54) is 16.7 Å². The highest BCUT2D eigenvalue weighted by Crippen LogP contribution is 2.50. The highest BCUT2D eigenvalue weighted by molar-refractivity contribution is 5.96. The van der Waals surface area contributed by atoms with E-state index < -0.39 is 0 Å². The minimum absolute atomic E-state index is 0.0957. The summed E-state index contributed by atoms with van der Waals surface area (Å²) in [7, 11) is 0. The van der Waals surface area contributed by atoms with Crippen LogP contribution in [0.25, 0.3) is 50.1 Å². The summed E-state index contributed by atoms with van der Waals surface area (Å²) in [5, 5.41) is 0. The molecule has 0 amide bonds. The molecule has 7 aromatic rings. The Balaban J connectivity index is 0.972. The number of dihydropyridines is 1. The van der Waals surface area contributed by atoms with Gasteiger partial charge in [-0.2, -0.15) is 0 Å². The lowest BCUT2D eigenvalue weighted by Gasteiger charge is -2.32. The summed E-state index contributed by atoms with van der Waals surface area (Å²) >= 11 is 0. The van der Waals surface area contributed by atoms with Crippen LogP contribution < -0.4 is 9.80 Å². The van der Waals surface area contributed by atoms with Crippen molar-refractivity contribution in [2.75, 3.05) is 9.80 Å². The van der Waals surface area contributed by atoms with Crippen LogP contribution in [0, 0.1) is 0 Å². The van der Waals surface area contributed by atoms with Crippen LogP contribution in [0.4, 0.5) is 22.7 Å². The number of fused-ring (bicyclic) bond motifs is 5. The zero-order valence-corrected chi connectivity index (χ0v) is 30.8. The van der Waals surface area contributed by atoms with E-state index in [0.717, 1.165) is 73.1 Å². The summed E-state index contributed by atoms with van der Waals surface area (Å²) in [4.78, 5) is 23.2. The van der Waals surface area contributed by atoms with Gasteiger partial charge in [0.15, 0.2) is 5.82 Å². The van der Waals surface area contributed by atoms with Crippen LogP contribution in [0.5, 0.6) is 0 Å². The number of hydrogen-bond acceptors (Lipinski definition) is 6. The molecule has 4 aliphatic heterocycles. The molecule has 268 valence electrons. The molecule has 0 N–H and O–H groups in total. The van der Waals surface area contributed by atoms with Crippen molar-refractivity contribution in [3.05, 3.63) is 205 Å². The lowest BCUT2D eigenvalue weighted by molar-refractivity contribution is 0.659. The monoisotopic (exact) mass is 730 g/mol. The zero-order chi connectivity index (χ0) is 37.7. The molecule has 6 heterocycles. The first-order valence-corrected chi connectivity index (χ1v) is 19.2. The molecule has 5 aromatic carbocycles. The number of anilines is 4. The second-order valence-corrected chi connectivity index (χ2v) is 14.5. The summed E-state index contributed by atoms with van der Waals surface area (Å²) in [6.07, 6.45) is 19.6. The van der Waals surface area contributed by atoms with Crippen LogP contribution in [0.3, 0.4) is 0 Å². The second kappa shape index (κ2) is 13.6. The highest BCUT2D eigenvalue weighted by Gasteiger charge is 2.39. The minimum Gasteiger partial charge on any atom is -0.318 e. The van der Waals surface area contributed by atoms with Crippen molar-refractivity contribution in [2.45, 2.75) is 12.1 Å². The largest absolute Gasteiger partial charge is 0.318 e. The summed E-state index contributed by atoms with van der Waals surface area (Å²) in [5.41, 5.74) is 20.4. The summed E-state index contributed by atoms with van der Waals surface area (Å²) in [6.45, 7) is 0. The van der Waals surface area contributed by atoms with Crippen molar-refractivity contribution in [1.29, 1.82) is 0 Å². The van der Waals surface area contributed by atoms with E-state index in [0.29, 0.717) is 0 Å². The first kappa shape index (κ1) is 32.7. The lowest BCUT2D eigenvalue weighted by atomic mass is 9.93. The van der Waals surface area contributed by atoms with Crippen molar-refractivity contribution >= 4 is 40.8 Å². The van der Waals surface area contributed by atoms with Gasteiger partial charge in [-0.05, 0) is 124 Å². The number of aromatic nitrogens is 2. The van der Waals surface area contributed by atoms with Gasteiger partial charge in [0.2, 0.25) is 0 Å². The maximum atomic E-state index is 5.06. The van der Waals surface area contributed by atoms with Crippen molar-refractivity contribution in [1.82, 2.24) is 9.97 Å². The Kier molecular flexibility index (Phi) is 7.80. The van der Waals surface area contributed by atoms with Crippen LogP contribution >= 0.6 is 0 Å². The summed E-state index contributed by atoms with van der Waals surface area (Å²) < 4.78 is 0. The minimum atomic E-state index is -0.0957. The van der Waals surface area contributed by atoms with Crippen LogP contribution in [0.2, 0.25) is 0 Å². The van der Waals surface area contributed by atoms with Gasteiger partial charge in [0.1, 0.15) is 6.17 Å². The average Bonchev–Trinajstić information content (AvgIpc) is 3.47. The Hall–Kier alpha value is -7.66. The highest BCUT2D eigenvalue weighted by atomic mass is 15.3. The van der Waals surface area contributed by atoms with Crippen molar-refractivity contribution in [3.63, 3.8) is 0 Å². The molecule has 57 heavy (non-hydrogen) atoms. The smallest absolute Gasteiger partial charge is 0.183 e. The van der Waals surface area contributed by atoms with Gasteiger partial charge in [0.05, 0.1) is 11.4 Å². The molecule has 2 atom stereocenters. The number of pyridine rings is 2. The molecule has 2 aromatic heterocycles. The maximum Gasteiger partial charge on any atom is 0.183 e. The number of aliphatic imine (C=N–C) groups is 2. The Morgan fingerprint density at radius 2 is 1.16 bits per heavy atom. The molecular weight excluding hydrogens is 697 g/mol. The van der Waals surface area contributed by atoms with Gasteiger partial charge in [0.25, 0.3) is 0 Å². The molecule has 0 radical (unpaired) electrons. The molecule has 0 saturated heterocycles. The van der Waals surface area contributed by atoms with Crippen LogP contribution in [0.15, 0.2) is 204 Å². The fraction of sp³-hybridized carbons (Fsp3) is 0.0392. The Morgan fingerprint density at radius 3 is 1.88 bits per heavy atom. The third kappa shape index (κ3) is 5.75. The zero-order valence-electron chi connectivity index (χ0n) is 30.8. The molecule has 0 spiro atoms. The fourth-order valence-electron chi connectivity index (χ4n) is 8.47. The van der Waals surface area contributed by atoms with Gasteiger partial charge in [-0.3, -0.25) is 19.9 Å². The van der Waals surface area contributed by atoms with Gasteiger partial charge in [-0.25, -0.2) is 4.99 Å². The third-order valence-electron chi connectivity index (χ3n) is 11.2. The predicted molar refractivity (Wildman–Crippen MR) is 233 cm³/mol. The summed E-state index contributed by atoms with van der Waals surface area (Å²) in [6, 6.07) is 47.8. The normalized spacial score (nSPS) is 17.1. The van der Waals surface area contributed by atoms with Gasteiger partial charge in [-0.15, -0.1) is 0 Å². The van der Waals surface area contributed by atoms with E-state index in [2.05, 4.69) is 165 Å². The Bertz CT molecular complexity index is 2920. The Morgan fingerprint density at radius 1 is 0.526 bits per heavy atom. The molecule has 6 heteroatoms. The molecule has 0 saturated carbocycles. The molecule has 2 unspecified atom stereocenters. The number of nitrogens with zero attached hydrogens (tertiary/aromatic N) is 6. The van der Waals surface area contributed by atoms with Gasteiger partial charge < -0.3 is 4.90 Å². The van der Waals surface area contributed by atoms with E-state index in [4.69, 9.17) is 9.98 Å². The average molecular weight is 731 g/mol. The van der Waals surface area contributed by atoms with E-state index in [1.807, 2.05) is 49.2 Å². The van der Waals surface area contributed by atoms with Crippen LogP contribution in [-0.2, 0) is 0 Å². The molecule has 0 aliphatic carbocycles. The molecule has 2 bridgehead atoms. The van der Waals surface area contributed by atoms with E-state index in [-0.39, 0.29) is 12.1 Å². The number of rotatable bonds is 6. The quantitative estimate of drug-likeness (QED) is 0.160. The van der Waals surface area contributed by atoms with Crippen LogP contribution in [-0.4, -0.2) is 28.6 Å². The van der Waals surface area contributed by atoms with Crippen molar-refractivity contribution in [2.24, 2.45) is 9.98 Å². The van der Waals surface area contributed by atoms with Crippen molar-refractivity contribution in [3.8, 4) is 44.5 Å². The summed E-state index contributed by atoms with van der Waals surface area (Å²) in [5.74, 6) is 0.870. The maximum absolute atomic E-state index is 5.06. The molecule has 6 nitrogen and oxygen atoms in total. The molecular formula is C51H34N6. The van der Waals surface area contributed by atoms with E-state index in [1.54, 1.807) is 6.20 Å².